The first-order chi connectivity index (χ1) is 22.9. The lowest BCUT2D eigenvalue weighted by molar-refractivity contribution is 0.0597. The summed E-state index contributed by atoms with van der Waals surface area (Å²) in [6.07, 6.45) is 2.60. The second-order valence-corrected chi connectivity index (χ2v) is 12.2. The second kappa shape index (κ2) is 12.6. The van der Waals surface area contributed by atoms with E-state index in [0.29, 0.717) is 53.8 Å². The van der Waals surface area contributed by atoms with Crippen LogP contribution in [-0.2, 0) is 0 Å². The van der Waals surface area contributed by atoms with Gasteiger partial charge in [0.05, 0.1) is 12.9 Å². The number of carbonyl (C=O) groups is 4. The zero-order valence-corrected chi connectivity index (χ0v) is 26.6. The van der Waals surface area contributed by atoms with Gasteiger partial charge in [-0.15, -0.1) is 0 Å². The van der Waals surface area contributed by atoms with Crippen LogP contribution in [0.3, 0.4) is 0 Å². The normalized spacial score (nSPS) is 15.6. The van der Waals surface area contributed by atoms with E-state index in [1.54, 1.807) is 18.5 Å². The molecule has 0 fully saturated rings. The Morgan fingerprint density at radius 3 is 1.74 bits per heavy atom. The number of carbonyl (C=O) groups excluding carboxylic acids is 4. The topological polar surface area (TPSA) is 118 Å². The van der Waals surface area contributed by atoms with Gasteiger partial charge in [-0.3, -0.25) is 34.0 Å². The molecule has 0 atom stereocenters. The zero-order chi connectivity index (χ0) is 32.7. The van der Waals surface area contributed by atoms with E-state index in [4.69, 9.17) is 0 Å². The van der Waals surface area contributed by atoms with E-state index in [-0.39, 0.29) is 36.7 Å². The minimum atomic E-state index is -0.275. The molecule has 3 aliphatic heterocycles. The standard InChI is InChI=1S/C36H37N7O4/c1-40(2)29-12-10-27-31-23(29)6-3-8-25(31)33(44)42(35(27)46)20-17-37-14-5-15-38-18-21-43-34(45)26-9-4-7-24-30(41-19-16-39-22-41)13-11-28(32(24)26)36(43)47/h3-4,6-13,22,37-38H,5,14-21H2,1-2H3. The van der Waals surface area contributed by atoms with Crippen LogP contribution >= 0.6 is 0 Å². The van der Waals surface area contributed by atoms with Gasteiger partial charge in [0, 0.05) is 102 Å². The Labute approximate surface area is 272 Å². The maximum absolute atomic E-state index is 13.4. The third-order valence-corrected chi connectivity index (χ3v) is 9.15. The van der Waals surface area contributed by atoms with Crippen molar-refractivity contribution in [1.82, 2.24) is 20.4 Å². The monoisotopic (exact) mass is 631 g/mol. The molecule has 0 unspecified atom stereocenters. The predicted octanol–water partition coefficient (Wildman–Crippen LogP) is 3.37. The van der Waals surface area contributed by atoms with Gasteiger partial charge in [0.1, 0.15) is 0 Å². The van der Waals surface area contributed by atoms with Crippen LogP contribution in [0.2, 0.25) is 0 Å². The molecule has 0 saturated heterocycles. The molecule has 7 rings (SSSR count). The van der Waals surface area contributed by atoms with Gasteiger partial charge < -0.3 is 20.4 Å². The fourth-order valence-electron chi connectivity index (χ4n) is 6.84. The van der Waals surface area contributed by atoms with E-state index in [0.717, 1.165) is 47.0 Å². The van der Waals surface area contributed by atoms with Gasteiger partial charge in [-0.1, -0.05) is 24.3 Å². The van der Waals surface area contributed by atoms with Crippen molar-refractivity contribution in [2.24, 2.45) is 4.99 Å². The average molecular weight is 632 g/mol. The third-order valence-electron chi connectivity index (χ3n) is 9.15. The molecule has 0 radical (unpaired) electrons. The number of hydrogen-bond donors (Lipinski definition) is 2. The number of rotatable bonds is 12. The Morgan fingerprint density at radius 1 is 0.660 bits per heavy atom. The van der Waals surface area contributed by atoms with Crippen molar-refractivity contribution in [2.45, 2.75) is 6.42 Å². The molecule has 240 valence electrons. The highest BCUT2D eigenvalue weighted by Crippen LogP contribution is 2.37. The first-order valence-electron chi connectivity index (χ1n) is 16.1. The van der Waals surface area contributed by atoms with Crippen LogP contribution in [0.5, 0.6) is 0 Å². The molecular formula is C36H37N7O4. The third kappa shape index (κ3) is 5.31. The van der Waals surface area contributed by atoms with Crippen LogP contribution in [0.1, 0.15) is 47.9 Å². The number of hydrogen-bond acceptors (Lipinski definition) is 9. The first-order valence-corrected chi connectivity index (χ1v) is 16.1. The van der Waals surface area contributed by atoms with E-state index >= 15 is 0 Å². The van der Waals surface area contributed by atoms with Crippen molar-refractivity contribution in [1.29, 1.82) is 0 Å². The van der Waals surface area contributed by atoms with Gasteiger partial charge in [0.15, 0.2) is 0 Å². The van der Waals surface area contributed by atoms with Crippen molar-refractivity contribution in [3.63, 3.8) is 0 Å². The molecule has 4 aromatic rings. The zero-order valence-electron chi connectivity index (χ0n) is 26.6. The van der Waals surface area contributed by atoms with Crippen molar-refractivity contribution < 1.29 is 19.2 Å². The Hall–Kier alpha value is -5.13. The molecule has 0 aromatic heterocycles. The van der Waals surface area contributed by atoms with Crippen molar-refractivity contribution in [3.05, 3.63) is 82.9 Å². The molecule has 4 amide bonds. The quantitative estimate of drug-likeness (QED) is 0.181. The van der Waals surface area contributed by atoms with E-state index in [2.05, 4.69) is 20.5 Å². The summed E-state index contributed by atoms with van der Waals surface area (Å²) < 4.78 is 0. The molecule has 4 aromatic carbocycles. The predicted molar refractivity (Wildman–Crippen MR) is 184 cm³/mol. The molecular weight excluding hydrogens is 594 g/mol. The summed E-state index contributed by atoms with van der Waals surface area (Å²) in [7, 11) is 3.89. The van der Waals surface area contributed by atoms with Crippen molar-refractivity contribution >= 4 is 62.9 Å². The lowest BCUT2D eigenvalue weighted by atomic mass is 9.92. The molecule has 3 heterocycles. The largest absolute Gasteiger partial charge is 0.377 e. The summed E-state index contributed by atoms with van der Waals surface area (Å²) in [5, 5.41) is 9.87. The number of anilines is 2. The maximum Gasteiger partial charge on any atom is 0.261 e. The minimum absolute atomic E-state index is 0.269. The first kappa shape index (κ1) is 30.5. The summed E-state index contributed by atoms with van der Waals surface area (Å²) in [4.78, 5) is 64.4. The van der Waals surface area contributed by atoms with Gasteiger partial charge in [0.2, 0.25) is 0 Å². The summed E-state index contributed by atoms with van der Waals surface area (Å²) in [5.41, 5.74) is 4.11. The molecule has 0 spiro atoms. The average Bonchev–Trinajstić information content (AvgIpc) is 3.62. The molecule has 0 saturated carbocycles. The van der Waals surface area contributed by atoms with Gasteiger partial charge in [-0.05, 0) is 55.9 Å². The number of nitrogens with one attached hydrogen (secondary N) is 2. The second-order valence-electron chi connectivity index (χ2n) is 12.2. The smallest absolute Gasteiger partial charge is 0.261 e. The maximum atomic E-state index is 13.4. The lowest BCUT2D eigenvalue weighted by Crippen LogP contribution is -2.44. The van der Waals surface area contributed by atoms with Crippen LogP contribution in [0, 0.1) is 0 Å². The summed E-state index contributed by atoms with van der Waals surface area (Å²) >= 11 is 0. The van der Waals surface area contributed by atoms with Gasteiger partial charge in [-0.2, -0.15) is 0 Å². The molecule has 11 nitrogen and oxygen atoms in total. The fraction of sp³-hybridized carbons (Fsp3) is 0.306. The van der Waals surface area contributed by atoms with E-state index in [1.807, 2.05) is 67.5 Å². The van der Waals surface area contributed by atoms with Crippen molar-refractivity contribution in [3.8, 4) is 0 Å². The minimum Gasteiger partial charge on any atom is -0.377 e. The van der Waals surface area contributed by atoms with Crippen LogP contribution in [0.4, 0.5) is 11.4 Å². The lowest BCUT2D eigenvalue weighted by Gasteiger charge is -2.29. The Morgan fingerprint density at radius 2 is 1.19 bits per heavy atom. The van der Waals surface area contributed by atoms with Crippen LogP contribution in [0.25, 0.3) is 21.5 Å². The summed E-state index contributed by atoms with van der Waals surface area (Å²) in [6, 6.07) is 18.7. The SMILES string of the molecule is CN(C)c1ccc2c3c(cccc13)C(=O)N(CCNCCCNCCN1C(=O)c3cccc4c(N5C=NCC5)ccc(c34)C1=O)C2=O. The molecule has 2 N–H and O–H groups in total. The number of amides is 4. The summed E-state index contributed by atoms with van der Waals surface area (Å²) in [6.45, 7) is 4.36. The highest BCUT2D eigenvalue weighted by Gasteiger charge is 2.34. The van der Waals surface area contributed by atoms with Crippen LogP contribution in [0.15, 0.2) is 65.7 Å². The molecule has 47 heavy (non-hydrogen) atoms. The number of imide groups is 2. The highest BCUT2D eigenvalue weighted by molar-refractivity contribution is 6.28. The number of nitrogens with zero attached hydrogens (tertiary/aromatic N) is 5. The summed E-state index contributed by atoms with van der Waals surface area (Å²) in [5.74, 6) is -1.09. The Kier molecular flexibility index (Phi) is 8.17. The van der Waals surface area contributed by atoms with Gasteiger partial charge >= 0.3 is 0 Å². The Balaban J connectivity index is 0.878. The fourth-order valence-corrected chi connectivity index (χ4v) is 6.84. The van der Waals surface area contributed by atoms with Crippen LogP contribution in [-0.4, -0.2) is 106 Å². The van der Waals surface area contributed by atoms with E-state index < -0.39 is 0 Å². The van der Waals surface area contributed by atoms with E-state index in [9.17, 15) is 19.2 Å². The van der Waals surface area contributed by atoms with Gasteiger partial charge in [0.25, 0.3) is 23.6 Å². The van der Waals surface area contributed by atoms with E-state index in [1.165, 1.54) is 9.80 Å². The molecule has 0 bridgehead atoms. The highest BCUT2D eigenvalue weighted by atomic mass is 16.2. The molecule has 3 aliphatic rings. The van der Waals surface area contributed by atoms with Crippen LogP contribution < -0.4 is 20.4 Å². The molecule has 0 aliphatic carbocycles. The van der Waals surface area contributed by atoms with Gasteiger partial charge in [-0.25, -0.2) is 0 Å². The molecule has 11 heteroatoms. The Bertz CT molecular complexity index is 1930. The van der Waals surface area contributed by atoms with Crippen molar-refractivity contribution in [2.75, 3.05) is 76.3 Å². The number of benzene rings is 4. The number of aliphatic imine (C=N–C) groups is 1.